The number of nitrogens with one attached hydrogen (secondary N) is 1. The maximum absolute atomic E-state index is 13.6. The number of allylic oxidation sites excluding steroid dienone is 3. The van der Waals surface area contributed by atoms with Crippen molar-refractivity contribution in [1.29, 1.82) is 0 Å². The summed E-state index contributed by atoms with van der Waals surface area (Å²) >= 11 is 3.58. The number of Topliss-reactive ketones (excluding diaryl/α,β-unsaturated/α-hetero) is 1. The number of hydrogen-bond acceptors (Lipinski definition) is 6. The molecule has 0 spiro atoms. The number of methoxy groups -OCH3 is 1. The molecule has 1 aromatic carbocycles. The van der Waals surface area contributed by atoms with E-state index in [0.717, 1.165) is 15.7 Å². The van der Waals surface area contributed by atoms with E-state index >= 15 is 0 Å². The summed E-state index contributed by atoms with van der Waals surface area (Å²) in [6.07, 6.45) is 0.931. The topological polar surface area (TPSA) is 81.7 Å². The van der Waals surface area contributed by atoms with Gasteiger partial charge in [0, 0.05) is 27.4 Å². The molecule has 1 aromatic rings. The molecule has 0 radical (unpaired) electrons. The number of halogens is 1. The Hall–Kier alpha value is -2.41. The maximum atomic E-state index is 13.6. The van der Waals surface area contributed by atoms with Crippen LogP contribution in [0.4, 0.5) is 0 Å². The summed E-state index contributed by atoms with van der Waals surface area (Å²) in [4.78, 5) is 39.3. The quantitative estimate of drug-likeness (QED) is 0.487. The second kappa shape index (κ2) is 9.39. The molecule has 2 aliphatic rings. The second-order valence-corrected chi connectivity index (χ2v) is 9.04. The van der Waals surface area contributed by atoms with Crippen LogP contribution in [0.2, 0.25) is 0 Å². The van der Waals surface area contributed by atoms with Crippen molar-refractivity contribution in [3.63, 3.8) is 0 Å². The number of rotatable bonds is 5. The molecule has 0 bridgehead atoms. The zero-order valence-corrected chi connectivity index (χ0v) is 20.0. The molecule has 0 amide bonds. The lowest BCUT2D eigenvalue weighted by Crippen LogP contribution is -2.43. The van der Waals surface area contributed by atoms with E-state index in [1.165, 1.54) is 7.11 Å². The van der Waals surface area contributed by atoms with Gasteiger partial charge in [0.1, 0.15) is 5.92 Å². The third-order valence-electron chi connectivity index (χ3n) is 6.06. The van der Waals surface area contributed by atoms with E-state index in [1.54, 1.807) is 0 Å². The van der Waals surface area contributed by atoms with Gasteiger partial charge in [-0.3, -0.25) is 9.59 Å². The van der Waals surface area contributed by atoms with Gasteiger partial charge >= 0.3 is 11.9 Å². The van der Waals surface area contributed by atoms with Gasteiger partial charge in [0.05, 0.1) is 18.8 Å². The van der Waals surface area contributed by atoms with E-state index in [1.807, 2.05) is 52.0 Å². The molecule has 4 atom stereocenters. The Morgan fingerprint density at radius 2 is 1.97 bits per heavy atom. The monoisotopic (exact) mass is 489 g/mol. The fraction of sp³-hybridized carbons (Fsp3) is 0.458. The fourth-order valence-corrected chi connectivity index (χ4v) is 4.81. The van der Waals surface area contributed by atoms with E-state index in [-0.39, 0.29) is 17.8 Å². The van der Waals surface area contributed by atoms with Crippen LogP contribution in [0.25, 0.3) is 0 Å². The lowest BCUT2D eigenvalue weighted by atomic mass is 9.69. The van der Waals surface area contributed by atoms with Crippen LogP contribution in [-0.2, 0) is 23.9 Å². The molecule has 1 N–H and O–H groups in total. The summed E-state index contributed by atoms with van der Waals surface area (Å²) in [6, 6.07) is 7.49. The van der Waals surface area contributed by atoms with Crippen LogP contribution in [-0.4, -0.2) is 30.9 Å². The molecule has 0 saturated heterocycles. The first-order valence-corrected chi connectivity index (χ1v) is 11.3. The highest BCUT2D eigenvalue weighted by molar-refractivity contribution is 9.10. The molecule has 3 rings (SSSR count). The lowest BCUT2D eigenvalue weighted by molar-refractivity contribution is -0.151. The molecular formula is C24H28BrNO5. The van der Waals surface area contributed by atoms with Crippen molar-refractivity contribution in [1.82, 2.24) is 5.32 Å². The summed E-state index contributed by atoms with van der Waals surface area (Å²) < 4.78 is 11.4. The first kappa shape index (κ1) is 23.3. The van der Waals surface area contributed by atoms with Crippen molar-refractivity contribution in [2.24, 2.45) is 11.8 Å². The van der Waals surface area contributed by atoms with Crippen LogP contribution >= 0.6 is 15.9 Å². The standard InChI is InChI=1S/C24H28BrNO5/c1-6-13(3)31-24(29)19-14(4)26-17-11-12(2)18(23(28)30-5)22(27)21(17)20(19)15-9-7-8-10-16(15)25/h7-10,12-13,18,20,26H,6,11H2,1-5H3/t12-,13+,18-,20+/m1/s1. The van der Waals surface area contributed by atoms with Crippen molar-refractivity contribution in [2.45, 2.75) is 52.6 Å². The molecule has 6 nitrogen and oxygen atoms in total. The highest BCUT2D eigenvalue weighted by atomic mass is 79.9. The first-order valence-electron chi connectivity index (χ1n) is 10.5. The van der Waals surface area contributed by atoms with Crippen LogP contribution in [0, 0.1) is 11.8 Å². The van der Waals surface area contributed by atoms with Crippen molar-refractivity contribution in [3.05, 3.63) is 56.8 Å². The number of ketones is 1. The number of esters is 2. The molecule has 0 saturated carbocycles. The molecule has 0 aromatic heterocycles. The van der Waals surface area contributed by atoms with Gasteiger partial charge in [-0.1, -0.05) is 48.0 Å². The summed E-state index contributed by atoms with van der Waals surface area (Å²) in [5.41, 5.74) is 3.00. The Kier molecular flexibility index (Phi) is 7.04. The Balaban J connectivity index is 2.18. The minimum Gasteiger partial charge on any atom is -0.468 e. The van der Waals surface area contributed by atoms with Gasteiger partial charge in [0.2, 0.25) is 0 Å². The molecule has 0 fully saturated rings. The fourth-order valence-electron chi connectivity index (χ4n) is 4.30. The van der Waals surface area contributed by atoms with Crippen LogP contribution < -0.4 is 5.32 Å². The van der Waals surface area contributed by atoms with Gasteiger partial charge in [-0.15, -0.1) is 0 Å². The van der Waals surface area contributed by atoms with Gasteiger partial charge in [-0.2, -0.15) is 0 Å². The van der Waals surface area contributed by atoms with E-state index in [0.29, 0.717) is 29.7 Å². The minimum absolute atomic E-state index is 0.215. The van der Waals surface area contributed by atoms with Gasteiger partial charge in [-0.05, 0) is 44.2 Å². The van der Waals surface area contributed by atoms with Crippen LogP contribution in [0.1, 0.15) is 52.0 Å². The molecule has 1 heterocycles. The Labute approximate surface area is 191 Å². The Bertz CT molecular complexity index is 980. The smallest absolute Gasteiger partial charge is 0.337 e. The summed E-state index contributed by atoms with van der Waals surface area (Å²) in [7, 11) is 1.29. The summed E-state index contributed by atoms with van der Waals surface area (Å²) in [6.45, 7) is 7.46. The van der Waals surface area contributed by atoms with Crippen molar-refractivity contribution >= 4 is 33.7 Å². The number of carbonyl (C=O) groups excluding carboxylic acids is 3. The second-order valence-electron chi connectivity index (χ2n) is 8.18. The largest absolute Gasteiger partial charge is 0.468 e. The van der Waals surface area contributed by atoms with Crippen LogP contribution in [0.5, 0.6) is 0 Å². The van der Waals surface area contributed by atoms with Crippen LogP contribution in [0.3, 0.4) is 0 Å². The molecule has 0 unspecified atom stereocenters. The van der Waals surface area contributed by atoms with Crippen molar-refractivity contribution in [2.75, 3.05) is 7.11 Å². The average molecular weight is 490 g/mol. The van der Waals surface area contributed by atoms with Gasteiger partial charge in [-0.25, -0.2) is 4.79 Å². The Morgan fingerprint density at radius 1 is 1.29 bits per heavy atom. The van der Waals surface area contributed by atoms with E-state index in [9.17, 15) is 14.4 Å². The lowest BCUT2D eigenvalue weighted by Gasteiger charge is -2.38. The highest BCUT2D eigenvalue weighted by Gasteiger charge is 2.47. The molecule has 1 aliphatic carbocycles. The van der Waals surface area contributed by atoms with Gasteiger partial charge in [0.25, 0.3) is 0 Å². The number of ether oxygens (including phenoxy) is 2. The molecular weight excluding hydrogens is 462 g/mol. The first-order chi connectivity index (χ1) is 14.7. The predicted molar refractivity (Wildman–Crippen MR) is 120 cm³/mol. The predicted octanol–water partition coefficient (Wildman–Crippen LogP) is 4.40. The number of dihydropyridines is 1. The van der Waals surface area contributed by atoms with E-state index in [4.69, 9.17) is 9.47 Å². The van der Waals surface area contributed by atoms with Gasteiger partial charge in [0.15, 0.2) is 5.78 Å². The molecule has 31 heavy (non-hydrogen) atoms. The number of carbonyl (C=O) groups is 3. The zero-order valence-electron chi connectivity index (χ0n) is 18.5. The summed E-state index contributed by atoms with van der Waals surface area (Å²) in [5, 5.41) is 3.27. The van der Waals surface area contributed by atoms with Crippen molar-refractivity contribution in [3.8, 4) is 0 Å². The summed E-state index contributed by atoms with van der Waals surface area (Å²) in [5.74, 6) is -3.09. The molecule has 7 heteroatoms. The number of hydrogen-bond donors (Lipinski definition) is 1. The third-order valence-corrected chi connectivity index (χ3v) is 6.78. The highest BCUT2D eigenvalue weighted by Crippen LogP contribution is 2.47. The van der Waals surface area contributed by atoms with Crippen molar-refractivity contribution < 1.29 is 23.9 Å². The molecule has 166 valence electrons. The third kappa shape index (κ3) is 4.33. The van der Waals surface area contributed by atoms with Gasteiger partial charge < -0.3 is 14.8 Å². The number of benzene rings is 1. The zero-order chi connectivity index (χ0) is 22.9. The average Bonchev–Trinajstić information content (AvgIpc) is 2.72. The maximum Gasteiger partial charge on any atom is 0.337 e. The molecule has 1 aliphatic heterocycles. The van der Waals surface area contributed by atoms with E-state index in [2.05, 4.69) is 21.2 Å². The SMILES string of the molecule is CC[C@H](C)OC(=O)C1=C(C)NC2=C(C(=O)[C@H](C(=O)OC)[C@H](C)C2)[C@H]1c1ccccc1Br. The van der Waals surface area contributed by atoms with Crippen LogP contribution in [0.15, 0.2) is 51.3 Å². The minimum atomic E-state index is -0.902. The van der Waals surface area contributed by atoms with E-state index < -0.39 is 23.8 Å². The Morgan fingerprint density at radius 3 is 2.58 bits per heavy atom. The normalized spacial score (nSPS) is 24.3.